The first kappa shape index (κ1) is 45.3. The Morgan fingerprint density at radius 2 is 1.10 bits per heavy atom. The lowest BCUT2D eigenvalue weighted by molar-refractivity contribution is 0.446. The Labute approximate surface area is 424 Å². The summed E-state index contributed by atoms with van der Waals surface area (Å²) in [6, 6.07) is 69.2. The molecule has 0 atom stereocenters. The first-order valence-corrected chi connectivity index (χ1v) is 27.3. The summed E-state index contributed by atoms with van der Waals surface area (Å²) in [6.07, 6.45) is 1.92. The van der Waals surface area contributed by atoms with Crippen molar-refractivity contribution in [2.45, 2.75) is 78.6 Å². The molecule has 0 aliphatic carbocycles. The van der Waals surface area contributed by atoms with Crippen LogP contribution >= 0.6 is 0 Å². The quantitative estimate of drug-likeness (QED) is 0.169. The molecule has 12 rings (SSSR count). The molecule has 0 fully saturated rings. The number of aromatic hydroxyl groups is 1. The minimum atomic E-state index is -2.94. The van der Waals surface area contributed by atoms with Gasteiger partial charge in [-0.05, 0) is 102 Å². The number of phenolic OH excluding ortho intramolecular Hbond substituents is 1. The number of hydrogen-bond acceptors (Lipinski definition) is 3. The number of benzene rings is 8. The number of fused-ring (bicyclic) bond motifs is 6. The van der Waals surface area contributed by atoms with Crippen molar-refractivity contribution >= 4 is 61.8 Å². The minimum absolute atomic E-state index is 0.0868. The number of rotatable bonds is 6. The first-order chi connectivity index (χ1) is 34.5. The second kappa shape index (κ2) is 16.4. The Morgan fingerprint density at radius 3 is 1.76 bits per heavy atom. The van der Waals surface area contributed by atoms with E-state index in [4.69, 9.17) is 9.97 Å². The molecule has 354 valence electrons. The molecule has 5 nitrogen and oxygen atoms in total. The van der Waals surface area contributed by atoms with Crippen LogP contribution in [0.3, 0.4) is 0 Å². The van der Waals surface area contributed by atoms with Crippen molar-refractivity contribution in [2.24, 2.45) is 0 Å². The van der Waals surface area contributed by atoms with Crippen molar-refractivity contribution < 1.29 is 5.11 Å². The highest BCUT2D eigenvalue weighted by Gasteiger charge is 2.48. The molecule has 1 N–H and O–H groups in total. The standard InChI is InChI=1S/C66H60N4OSi/c1-64(2,3)44-34-35-54(51(39-44)42-22-13-10-14-23-42)69-55-31-19-28-48(59(55)68-63(69)52-40-45(65(4,5)6)41-53(61(52)71)66(7,8)9)43-33-36-57-56(38-43)70-60-49(50-30-21-37-67-62(50)70)29-20-32-58(60)72(57,46-24-15-11-16-25-46)47-26-17-12-18-27-47/h10-41,71H,1-9H3. The van der Waals surface area contributed by atoms with E-state index >= 15 is 0 Å². The molecule has 0 unspecified atom stereocenters. The van der Waals surface area contributed by atoms with Crippen LogP contribution in [0.25, 0.3) is 78.0 Å². The molecule has 0 amide bonds. The predicted molar refractivity (Wildman–Crippen MR) is 304 cm³/mol. The molecule has 0 saturated heterocycles. The molecule has 6 heteroatoms. The Morgan fingerprint density at radius 1 is 0.458 bits per heavy atom. The third-order valence-corrected chi connectivity index (χ3v) is 20.1. The zero-order valence-corrected chi connectivity index (χ0v) is 43.7. The molecular formula is C66H60N4OSi. The molecular weight excluding hydrogens is 893 g/mol. The van der Waals surface area contributed by atoms with E-state index in [1.807, 2.05) is 6.20 Å². The maximum Gasteiger partial charge on any atom is 0.184 e. The molecule has 11 aromatic rings. The van der Waals surface area contributed by atoms with Crippen molar-refractivity contribution in [2.75, 3.05) is 0 Å². The molecule has 1 aliphatic heterocycles. The summed E-state index contributed by atoms with van der Waals surface area (Å²) in [6.45, 7) is 20.1. The SMILES string of the molecule is CC(C)(C)c1ccc(-n2c(-c3cc(C(C)(C)C)cc(C(C)(C)C)c3O)nc3c(-c4ccc5c(c4)-n4c6ncccc6c6cccc(c64)[Si]5(c4ccccc4)c4ccccc4)cccc32)c(-c2ccccc2)c1. The van der Waals surface area contributed by atoms with E-state index in [-0.39, 0.29) is 22.0 Å². The van der Waals surface area contributed by atoms with Gasteiger partial charge in [0.1, 0.15) is 17.2 Å². The van der Waals surface area contributed by atoms with Gasteiger partial charge in [0.15, 0.2) is 8.07 Å². The van der Waals surface area contributed by atoms with E-state index in [0.717, 1.165) is 66.8 Å². The molecule has 72 heavy (non-hydrogen) atoms. The Kier molecular flexibility index (Phi) is 10.3. The van der Waals surface area contributed by atoms with E-state index in [1.54, 1.807) is 0 Å². The van der Waals surface area contributed by atoms with Gasteiger partial charge in [-0.3, -0.25) is 9.13 Å². The van der Waals surface area contributed by atoms with Crippen LogP contribution in [0.5, 0.6) is 5.75 Å². The summed E-state index contributed by atoms with van der Waals surface area (Å²) >= 11 is 0. The largest absolute Gasteiger partial charge is 0.507 e. The van der Waals surface area contributed by atoms with Crippen molar-refractivity contribution in [3.05, 3.63) is 211 Å². The van der Waals surface area contributed by atoms with Gasteiger partial charge >= 0.3 is 0 Å². The topological polar surface area (TPSA) is 55.9 Å². The molecule has 1 aliphatic rings. The third kappa shape index (κ3) is 6.94. The molecule has 4 heterocycles. The average molecular weight is 953 g/mol. The fraction of sp³-hybridized carbons (Fsp3) is 0.182. The Balaban J connectivity index is 1.20. The maximum absolute atomic E-state index is 12.7. The molecule has 0 radical (unpaired) electrons. The van der Waals surface area contributed by atoms with Gasteiger partial charge in [0.05, 0.1) is 27.8 Å². The van der Waals surface area contributed by atoms with Crippen LogP contribution in [0.2, 0.25) is 0 Å². The van der Waals surface area contributed by atoms with Gasteiger partial charge in [0, 0.05) is 39.3 Å². The summed E-state index contributed by atoms with van der Waals surface area (Å²) < 4.78 is 4.75. The van der Waals surface area contributed by atoms with Crippen LogP contribution < -0.4 is 20.7 Å². The summed E-state index contributed by atoms with van der Waals surface area (Å²) in [5, 5.41) is 20.4. The zero-order chi connectivity index (χ0) is 49.9. The molecule has 0 bridgehead atoms. The van der Waals surface area contributed by atoms with E-state index in [0.29, 0.717) is 11.4 Å². The summed E-state index contributed by atoms with van der Waals surface area (Å²) in [4.78, 5) is 10.9. The van der Waals surface area contributed by atoms with E-state index in [2.05, 4.69) is 260 Å². The van der Waals surface area contributed by atoms with Crippen LogP contribution in [0.15, 0.2) is 194 Å². The van der Waals surface area contributed by atoms with Gasteiger partial charge in [-0.1, -0.05) is 208 Å². The highest BCUT2D eigenvalue weighted by molar-refractivity contribution is 7.21. The number of para-hydroxylation sites is 2. The first-order valence-electron chi connectivity index (χ1n) is 25.3. The highest BCUT2D eigenvalue weighted by Crippen LogP contribution is 2.46. The lowest BCUT2D eigenvalue weighted by atomic mass is 9.79. The Bertz CT molecular complexity index is 3880. The monoisotopic (exact) mass is 952 g/mol. The average Bonchev–Trinajstić information content (AvgIpc) is 3.93. The highest BCUT2D eigenvalue weighted by atomic mass is 28.3. The zero-order valence-electron chi connectivity index (χ0n) is 42.7. The number of nitrogens with zero attached hydrogens (tertiary/aromatic N) is 4. The fourth-order valence-electron chi connectivity index (χ4n) is 11.6. The normalized spacial score (nSPS) is 13.5. The van der Waals surface area contributed by atoms with Gasteiger partial charge in [0.25, 0.3) is 0 Å². The van der Waals surface area contributed by atoms with Crippen molar-refractivity contribution in [3.8, 4) is 50.8 Å². The van der Waals surface area contributed by atoms with Crippen LogP contribution in [-0.4, -0.2) is 32.3 Å². The third-order valence-electron chi connectivity index (χ3n) is 15.2. The van der Waals surface area contributed by atoms with Crippen LogP contribution in [0, 0.1) is 0 Å². The van der Waals surface area contributed by atoms with Crippen molar-refractivity contribution in [3.63, 3.8) is 0 Å². The fourth-order valence-corrected chi connectivity index (χ4v) is 16.7. The van der Waals surface area contributed by atoms with Gasteiger partial charge in [-0.15, -0.1) is 0 Å². The molecule has 0 saturated carbocycles. The lowest BCUT2D eigenvalue weighted by Gasteiger charge is -2.39. The number of pyridine rings is 1. The molecule has 3 aromatic heterocycles. The summed E-state index contributed by atoms with van der Waals surface area (Å²) in [7, 11) is -2.94. The maximum atomic E-state index is 12.7. The van der Waals surface area contributed by atoms with Gasteiger partial charge in [-0.25, -0.2) is 9.97 Å². The van der Waals surface area contributed by atoms with Crippen LogP contribution in [-0.2, 0) is 16.2 Å². The smallest absolute Gasteiger partial charge is 0.184 e. The molecule has 8 aromatic carbocycles. The number of imidazole rings is 1. The van der Waals surface area contributed by atoms with E-state index < -0.39 is 8.07 Å². The van der Waals surface area contributed by atoms with E-state index in [9.17, 15) is 5.11 Å². The predicted octanol–water partition coefficient (Wildman–Crippen LogP) is 13.8. The van der Waals surface area contributed by atoms with Gasteiger partial charge in [0.2, 0.25) is 0 Å². The molecule has 0 spiro atoms. The second-order valence-electron chi connectivity index (χ2n) is 22.8. The van der Waals surface area contributed by atoms with Crippen LogP contribution in [0.1, 0.15) is 79.0 Å². The number of aromatic nitrogens is 4. The van der Waals surface area contributed by atoms with Gasteiger partial charge in [-0.2, -0.15) is 0 Å². The second-order valence-corrected chi connectivity index (χ2v) is 26.6. The lowest BCUT2D eigenvalue weighted by Crippen LogP contribution is -2.76. The van der Waals surface area contributed by atoms with Crippen LogP contribution in [0.4, 0.5) is 0 Å². The number of hydrogen-bond donors (Lipinski definition) is 1. The van der Waals surface area contributed by atoms with E-state index in [1.165, 1.54) is 37.2 Å². The van der Waals surface area contributed by atoms with Gasteiger partial charge < -0.3 is 5.11 Å². The summed E-state index contributed by atoms with van der Waals surface area (Å²) in [5.41, 5.74) is 13.8. The minimum Gasteiger partial charge on any atom is -0.507 e. The summed E-state index contributed by atoms with van der Waals surface area (Å²) in [5.74, 6) is 0.953. The van der Waals surface area contributed by atoms with Crippen molar-refractivity contribution in [1.82, 2.24) is 19.1 Å². The Hall–Kier alpha value is -7.80. The number of phenols is 1. The van der Waals surface area contributed by atoms with Crippen molar-refractivity contribution in [1.29, 1.82) is 0 Å².